The number of ether oxygens (including phenoxy) is 1. The molecule has 1 saturated heterocycles. The molecule has 0 bridgehead atoms. The van der Waals surface area contributed by atoms with Crippen LogP contribution in [0, 0.1) is 5.92 Å². The molecule has 3 aliphatic rings. The zero-order chi connectivity index (χ0) is 41.2. The van der Waals surface area contributed by atoms with Crippen LogP contribution in [0.25, 0.3) is 0 Å². The van der Waals surface area contributed by atoms with E-state index in [4.69, 9.17) is 9.84 Å². The Labute approximate surface area is 342 Å². The number of hydrazone groups is 1. The predicted octanol–water partition coefficient (Wildman–Crippen LogP) is 7.86. The van der Waals surface area contributed by atoms with Crippen molar-refractivity contribution in [3.63, 3.8) is 0 Å². The maximum Gasteiger partial charge on any atom is 0.264 e. The number of carbonyl (C=O) groups excluding carboxylic acids is 2. The molecule has 58 heavy (non-hydrogen) atoms. The molecule has 5 atom stereocenters. The first-order valence-corrected chi connectivity index (χ1v) is 23.5. The van der Waals surface area contributed by atoms with E-state index < -0.39 is 20.0 Å². The first-order chi connectivity index (χ1) is 27.8. The van der Waals surface area contributed by atoms with Gasteiger partial charge in [0.2, 0.25) is 5.91 Å². The molecule has 3 aliphatic heterocycles. The van der Waals surface area contributed by atoms with Gasteiger partial charge in [-0.3, -0.25) is 14.3 Å². The lowest BCUT2D eigenvalue weighted by atomic mass is 9.82. The summed E-state index contributed by atoms with van der Waals surface area (Å²) in [6, 6.07) is 25.3. The average molecular weight is 801 g/mol. The summed E-state index contributed by atoms with van der Waals surface area (Å²) in [5.74, 6) is -0.980. The van der Waals surface area contributed by atoms with Gasteiger partial charge in [0.05, 0.1) is 41.4 Å². The van der Waals surface area contributed by atoms with Crippen molar-refractivity contribution in [2.75, 3.05) is 23.1 Å². The first-order valence-electron chi connectivity index (χ1n) is 20.5. The van der Waals surface area contributed by atoms with Crippen molar-refractivity contribution in [2.45, 2.75) is 103 Å². The van der Waals surface area contributed by atoms with Crippen molar-refractivity contribution >= 4 is 37.2 Å². The molecular weight excluding hydrogens is 745 g/mol. The Morgan fingerprint density at radius 1 is 1.00 bits per heavy atom. The van der Waals surface area contributed by atoms with E-state index in [1.807, 2.05) is 110 Å². The topological polar surface area (TPSA) is 133 Å². The van der Waals surface area contributed by atoms with E-state index in [-0.39, 0.29) is 35.8 Å². The van der Waals surface area contributed by atoms with Crippen LogP contribution in [-0.4, -0.2) is 70.0 Å². The van der Waals surface area contributed by atoms with Gasteiger partial charge < -0.3 is 19.5 Å². The Morgan fingerprint density at radius 2 is 1.72 bits per heavy atom. The number of aryl methyl sites for hydroxylation is 1. The largest absolute Gasteiger partial charge is 0.432 e. The molecule has 3 aromatic carbocycles. The van der Waals surface area contributed by atoms with Crippen LogP contribution < -0.4 is 9.91 Å². The van der Waals surface area contributed by atoms with Crippen molar-refractivity contribution in [3.8, 4) is 0 Å². The highest BCUT2D eigenvalue weighted by Gasteiger charge is 2.66. The van der Waals surface area contributed by atoms with Gasteiger partial charge in [-0.05, 0) is 82.5 Å². The maximum atomic E-state index is 15.2. The fraction of sp³-hybridized carbons (Fsp3) is 0.413. The number of fused-ring (bicyclic) bond motifs is 2. The van der Waals surface area contributed by atoms with E-state index in [1.54, 1.807) is 4.68 Å². The Kier molecular flexibility index (Phi) is 12.1. The van der Waals surface area contributed by atoms with Crippen LogP contribution in [0.4, 0.5) is 11.4 Å². The van der Waals surface area contributed by atoms with Gasteiger partial charge in [0.1, 0.15) is 0 Å². The summed E-state index contributed by atoms with van der Waals surface area (Å²) in [5.41, 5.74) is 6.17. The molecule has 1 fully saturated rings. The van der Waals surface area contributed by atoms with Gasteiger partial charge in [0, 0.05) is 49.2 Å². The Balaban J connectivity index is 1.24. The van der Waals surface area contributed by atoms with Crippen LogP contribution in [-0.2, 0) is 26.5 Å². The Hall–Kier alpha value is -5.01. The van der Waals surface area contributed by atoms with Gasteiger partial charge in [-0.1, -0.05) is 96.1 Å². The number of hydrogen-bond acceptors (Lipinski definition) is 8. The van der Waals surface area contributed by atoms with Crippen molar-refractivity contribution in [3.05, 3.63) is 131 Å². The zero-order valence-electron chi connectivity index (χ0n) is 34.5. The van der Waals surface area contributed by atoms with Gasteiger partial charge in [-0.15, -0.1) is 5.10 Å². The third kappa shape index (κ3) is 8.16. The molecule has 304 valence electrons. The molecule has 11 nitrogen and oxygen atoms in total. The number of carbonyl (C=O) groups is 2. The molecule has 4 aromatic rings. The lowest BCUT2D eigenvalue weighted by molar-refractivity contribution is -0.145. The standard InChI is InChI=1S/C46H56N6O5Si/c1-31(2)14-13-15-32(3)24-27-51-41-22-20-36(52-43(54)23-21-39(48-52)35-18-11-8-12-19-35)28-38(41)46(45(51)55)33(4)44(58(5,6)56)42(57-46)25-26-50-29-40(47-49-50)37(30-53)34-16-9-7-10-17-34/h7-12,14,16-20,22,24,28-29,33,37,42,44,53,56H,13,15,21,23,25-27,30H2,1-6H3/b32-24+/t33-,37?,42+,44-,46+/m1/s1. The fourth-order valence-electron chi connectivity index (χ4n) is 9.08. The number of aliphatic hydroxyl groups excluding tert-OH is 1. The highest BCUT2D eigenvalue weighted by molar-refractivity contribution is 6.71. The molecule has 12 heteroatoms. The summed E-state index contributed by atoms with van der Waals surface area (Å²) in [4.78, 5) is 42.5. The second kappa shape index (κ2) is 17.1. The van der Waals surface area contributed by atoms with Crippen molar-refractivity contribution in [1.82, 2.24) is 15.0 Å². The first kappa shape index (κ1) is 41.2. The highest BCUT2D eigenvalue weighted by atomic mass is 28.4. The third-order valence-electron chi connectivity index (χ3n) is 12.0. The van der Waals surface area contributed by atoms with Crippen LogP contribution in [0.2, 0.25) is 18.6 Å². The maximum absolute atomic E-state index is 15.2. The number of benzene rings is 3. The predicted molar refractivity (Wildman–Crippen MR) is 230 cm³/mol. The molecule has 2 N–H and O–H groups in total. The van der Waals surface area contributed by atoms with Crippen LogP contribution in [0.15, 0.2) is 113 Å². The molecule has 0 saturated carbocycles. The molecule has 1 unspecified atom stereocenters. The Bertz CT molecular complexity index is 2210. The number of aliphatic hydroxyl groups is 1. The van der Waals surface area contributed by atoms with Crippen LogP contribution in [0.5, 0.6) is 0 Å². The van der Waals surface area contributed by atoms with Crippen molar-refractivity contribution < 1.29 is 24.2 Å². The Morgan fingerprint density at radius 3 is 2.41 bits per heavy atom. The lowest BCUT2D eigenvalue weighted by Crippen LogP contribution is -2.46. The van der Waals surface area contributed by atoms with E-state index in [2.05, 4.69) is 43.2 Å². The molecule has 7 rings (SSSR count). The minimum absolute atomic E-state index is 0.104. The number of nitrogens with zero attached hydrogens (tertiary/aromatic N) is 6. The van der Waals surface area contributed by atoms with Crippen molar-refractivity contribution in [2.24, 2.45) is 11.0 Å². The average Bonchev–Trinajstić information content (AvgIpc) is 3.86. The molecule has 1 spiro atoms. The molecule has 0 radical (unpaired) electrons. The minimum atomic E-state index is -2.96. The number of aromatic nitrogens is 3. The number of amides is 2. The lowest BCUT2D eigenvalue weighted by Gasteiger charge is -2.32. The fourth-order valence-corrected chi connectivity index (χ4v) is 11.7. The molecular formula is C46H56N6O5Si. The number of rotatable bonds is 14. The monoisotopic (exact) mass is 800 g/mol. The summed E-state index contributed by atoms with van der Waals surface area (Å²) in [6.45, 7) is 12.9. The quantitative estimate of drug-likeness (QED) is 0.0981. The second-order valence-corrected chi connectivity index (χ2v) is 20.8. The van der Waals surface area contributed by atoms with Gasteiger partial charge in [0.25, 0.3) is 5.91 Å². The summed E-state index contributed by atoms with van der Waals surface area (Å²) in [6.07, 6.45) is 8.87. The smallest absolute Gasteiger partial charge is 0.264 e. The second-order valence-electron chi connectivity index (χ2n) is 16.8. The molecule has 1 aromatic heterocycles. The highest BCUT2D eigenvalue weighted by Crippen LogP contribution is 2.60. The van der Waals surface area contributed by atoms with E-state index in [0.717, 1.165) is 35.4 Å². The van der Waals surface area contributed by atoms with Crippen LogP contribution in [0.1, 0.15) is 88.1 Å². The zero-order valence-corrected chi connectivity index (χ0v) is 35.5. The number of allylic oxidation sites excluding steroid dienone is 3. The van der Waals surface area contributed by atoms with Gasteiger partial charge in [0.15, 0.2) is 13.9 Å². The van der Waals surface area contributed by atoms with Gasteiger partial charge in [-0.2, -0.15) is 5.10 Å². The van der Waals surface area contributed by atoms with Crippen molar-refractivity contribution in [1.29, 1.82) is 0 Å². The summed E-state index contributed by atoms with van der Waals surface area (Å²) >= 11 is 0. The number of anilines is 2. The van der Waals surface area contributed by atoms with Gasteiger partial charge >= 0.3 is 0 Å². The molecule has 0 aliphatic carbocycles. The number of hydrogen-bond donors (Lipinski definition) is 2. The normalized spacial score (nSPS) is 22.7. The summed E-state index contributed by atoms with van der Waals surface area (Å²) < 4.78 is 8.92. The van der Waals surface area contributed by atoms with Gasteiger partial charge in [-0.25, -0.2) is 5.01 Å². The summed E-state index contributed by atoms with van der Waals surface area (Å²) in [5, 5.41) is 25.4. The minimum Gasteiger partial charge on any atom is -0.432 e. The van der Waals surface area contributed by atoms with Crippen LogP contribution >= 0.6 is 0 Å². The third-order valence-corrected chi connectivity index (χ3v) is 14.5. The molecule has 4 heterocycles. The van der Waals surface area contributed by atoms with E-state index in [1.165, 1.54) is 16.2 Å². The van der Waals surface area contributed by atoms with E-state index >= 15 is 4.79 Å². The van der Waals surface area contributed by atoms with Crippen LogP contribution in [0.3, 0.4) is 0 Å². The summed E-state index contributed by atoms with van der Waals surface area (Å²) in [7, 11) is -2.96. The van der Waals surface area contributed by atoms with E-state index in [0.29, 0.717) is 49.3 Å². The molecule has 2 amide bonds. The van der Waals surface area contributed by atoms with E-state index in [9.17, 15) is 14.7 Å². The SMILES string of the molecule is CC(C)=CCC/C(C)=C/CN1C(=O)[C@@]2(O[C@@H](CCn3cc(C(CO)c4ccccc4)nn3)[C@H]([Si](C)(C)O)[C@H]2C)c2cc(N3N=C(c4ccccc4)CCC3=O)ccc21.